The summed E-state index contributed by atoms with van der Waals surface area (Å²) < 4.78 is 15.8. The average molecular weight is 727 g/mol. The zero-order chi connectivity index (χ0) is 37.4. The third-order valence-corrected chi connectivity index (χ3v) is 8.51. The minimum absolute atomic E-state index is 0.0524. The van der Waals surface area contributed by atoms with Gasteiger partial charge < -0.3 is 35.5 Å². The van der Waals surface area contributed by atoms with Crippen LogP contribution in [0.25, 0.3) is 0 Å². The predicted octanol–water partition coefficient (Wildman–Crippen LogP) is 3.39. The van der Waals surface area contributed by atoms with Crippen molar-refractivity contribution in [3.63, 3.8) is 0 Å². The molecule has 1 heterocycles. The van der Waals surface area contributed by atoms with Crippen LogP contribution in [-0.2, 0) is 51.2 Å². The number of rotatable bonds is 18. The number of hydrogen-bond acceptors (Lipinski definition) is 10. The molecule has 1 aliphatic rings. The number of nitrogens with one attached hydrogen (secondary N) is 4. The quantitative estimate of drug-likeness (QED) is 0.0875. The fourth-order valence-electron chi connectivity index (χ4n) is 5.47. The molecule has 51 heavy (non-hydrogen) atoms. The van der Waals surface area contributed by atoms with Gasteiger partial charge in [0.15, 0.2) is 0 Å². The van der Waals surface area contributed by atoms with Crippen molar-refractivity contribution in [1.29, 1.82) is 0 Å². The van der Waals surface area contributed by atoms with E-state index >= 15 is 0 Å². The SMILES string of the molecule is CCOC(=O)C[C@H](S)[C@H](C[C@@H]1CCNC1=O)NC(=O)[C@H](Cc1ccccc1)NC(=O)[C@H](CCC(=O)OC(C)(C)C)NC(=O)OCc1ccccc1. The van der Waals surface area contributed by atoms with Crippen LogP contribution >= 0.6 is 12.6 Å². The summed E-state index contributed by atoms with van der Waals surface area (Å²) in [6.45, 7) is 7.46. The first-order chi connectivity index (χ1) is 24.2. The molecule has 1 aliphatic heterocycles. The molecule has 1 fully saturated rings. The number of alkyl carbamates (subject to hydrolysis) is 1. The van der Waals surface area contributed by atoms with E-state index < -0.39 is 64.7 Å². The van der Waals surface area contributed by atoms with Crippen LogP contribution in [0.5, 0.6) is 0 Å². The number of ether oxygens (including phenoxy) is 3. The smallest absolute Gasteiger partial charge is 0.408 e. The van der Waals surface area contributed by atoms with Gasteiger partial charge in [0, 0.05) is 36.6 Å². The summed E-state index contributed by atoms with van der Waals surface area (Å²) in [6, 6.07) is 14.8. The second kappa shape index (κ2) is 20.3. The molecule has 1 saturated heterocycles. The first-order valence-electron chi connectivity index (χ1n) is 17.2. The van der Waals surface area contributed by atoms with E-state index in [0.717, 1.165) is 11.1 Å². The van der Waals surface area contributed by atoms with E-state index in [1.54, 1.807) is 76.2 Å². The Bertz CT molecular complexity index is 1470. The molecule has 0 aromatic heterocycles. The Morgan fingerprint density at radius 1 is 0.863 bits per heavy atom. The van der Waals surface area contributed by atoms with Gasteiger partial charge in [0.2, 0.25) is 17.7 Å². The maximum absolute atomic E-state index is 14.0. The topological polar surface area (TPSA) is 178 Å². The van der Waals surface area contributed by atoms with Crippen LogP contribution in [0.4, 0.5) is 4.79 Å². The van der Waals surface area contributed by atoms with Gasteiger partial charge in [-0.3, -0.25) is 24.0 Å². The van der Waals surface area contributed by atoms with Crippen molar-refractivity contribution in [2.75, 3.05) is 13.2 Å². The molecule has 14 heteroatoms. The second-order valence-electron chi connectivity index (χ2n) is 13.3. The molecule has 4 N–H and O–H groups in total. The Labute approximate surface area is 304 Å². The number of amides is 4. The van der Waals surface area contributed by atoms with Gasteiger partial charge in [0.1, 0.15) is 24.3 Å². The number of carbonyl (C=O) groups excluding carboxylic acids is 6. The molecule has 278 valence electrons. The fraction of sp³-hybridized carbons (Fsp3) is 0.514. The van der Waals surface area contributed by atoms with Crippen LogP contribution in [0, 0.1) is 5.92 Å². The van der Waals surface area contributed by atoms with Gasteiger partial charge in [-0.05, 0) is 58.1 Å². The standard InChI is InChI=1S/C37H50N4O9S/c1-5-48-32(43)22-30(51)28(21-26-18-19-38-33(26)44)39-35(46)29(20-24-12-8-6-9-13-24)40-34(45)27(16-17-31(42)50-37(2,3)4)41-36(47)49-23-25-14-10-7-11-15-25/h6-15,26-30,51H,5,16-23H2,1-4H3,(H,38,44)(H,39,46)(H,40,45)(H,41,47)/t26-,27-,28-,29-,30-/m0/s1. The minimum atomic E-state index is -1.27. The highest BCUT2D eigenvalue weighted by Crippen LogP contribution is 2.22. The van der Waals surface area contributed by atoms with E-state index in [0.29, 0.717) is 13.0 Å². The highest BCUT2D eigenvalue weighted by atomic mass is 32.1. The van der Waals surface area contributed by atoms with Crippen LogP contribution in [0.3, 0.4) is 0 Å². The van der Waals surface area contributed by atoms with Gasteiger partial charge in [-0.2, -0.15) is 12.6 Å². The van der Waals surface area contributed by atoms with Crippen LogP contribution in [0.1, 0.15) is 70.9 Å². The highest BCUT2D eigenvalue weighted by Gasteiger charge is 2.35. The van der Waals surface area contributed by atoms with Crippen molar-refractivity contribution in [1.82, 2.24) is 21.3 Å². The molecule has 0 saturated carbocycles. The summed E-state index contributed by atoms with van der Waals surface area (Å²) in [4.78, 5) is 78.2. The summed E-state index contributed by atoms with van der Waals surface area (Å²) >= 11 is 4.62. The van der Waals surface area contributed by atoms with Crippen LogP contribution < -0.4 is 21.3 Å². The van der Waals surface area contributed by atoms with Gasteiger partial charge in [-0.15, -0.1) is 0 Å². The van der Waals surface area contributed by atoms with E-state index in [1.807, 2.05) is 12.1 Å². The van der Waals surface area contributed by atoms with Crippen molar-refractivity contribution in [2.24, 2.45) is 5.92 Å². The van der Waals surface area contributed by atoms with Crippen LogP contribution in [0.15, 0.2) is 60.7 Å². The van der Waals surface area contributed by atoms with E-state index in [4.69, 9.17) is 14.2 Å². The van der Waals surface area contributed by atoms with Gasteiger partial charge in [-0.25, -0.2) is 4.79 Å². The lowest BCUT2D eigenvalue weighted by Gasteiger charge is -2.29. The second-order valence-corrected chi connectivity index (χ2v) is 14.0. The molecule has 4 amide bonds. The third-order valence-electron chi connectivity index (χ3n) is 7.97. The molecule has 0 aliphatic carbocycles. The Hall–Kier alpha value is -4.59. The maximum Gasteiger partial charge on any atom is 0.408 e. The summed E-state index contributed by atoms with van der Waals surface area (Å²) in [6.07, 6.45) is -0.511. The largest absolute Gasteiger partial charge is 0.466 e. The number of carbonyl (C=O) groups is 6. The van der Waals surface area contributed by atoms with Crippen molar-refractivity contribution in [3.8, 4) is 0 Å². The number of thiol groups is 1. The fourth-order valence-corrected chi connectivity index (χ4v) is 5.81. The first-order valence-corrected chi connectivity index (χ1v) is 17.7. The molecule has 2 aromatic rings. The summed E-state index contributed by atoms with van der Waals surface area (Å²) in [7, 11) is 0. The maximum atomic E-state index is 14.0. The molecule has 0 radical (unpaired) electrons. The van der Waals surface area contributed by atoms with E-state index in [9.17, 15) is 28.8 Å². The molecule has 5 atom stereocenters. The van der Waals surface area contributed by atoms with Gasteiger partial charge in [0.05, 0.1) is 13.0 Å². The monoisotopic (exact) mass is 726 g/mol. The molecule has 13 nitrogen and oxygen atoms in total. The average Bonchev–Trinajstić information content (AvgIpc) is 3.48. The third kappa shape index (κ3) is 15.0. The number of hydrogen-bond donors (Lipinski definition) is 5. The summed E-state index contributed by atoms with van der Waals surface area (Å²) in [5.41, 5.74) is 0.708. The molecule has 0 bridgehead atoms. The summed E-state index contributed by atoms with van der Waals surface area (Å²) in [5, 5.41) is 10.3. The van der Waals surface area contributed by atoms with E-state index in [2.05, 4.69) is 33.9 Å². The molecule has 0 spiro atoms. The predicted molar refractivity (Wildman–Crippen MR) is 192 cm³/mol. The van der Waals surface area contributed by atoms with Crippen molar-refractivity contribution in [2.45, 2.75) is 102 Å². The van der Waals surface area contributed by atoms with E-state index in [-0.39, 0.29) is 51.2 Å². The Balaban J connectivity index is 1.83. The van der Waals surface area contributed by atoms with E-state index in [1.165, 1.54) is 0 Å². The zero-order valence-electron chi connectivity index (χ0n) is 29.6. The Morgan fingerprint density at radius 3 is 2.08 bits per heavy atom. The molecular formula is C37H50N4O9S. The number of esters is 2. The molecule has 3 rings (SSSR count). The van der Waals surface area contributed by atoms with Gasteiger partial charge >= 0.3 is 18.0 Å². The zero-order valence-corrected chi connectivity index (χ0v) is 30.5. The highest BCUT2D eigenvalue weighted by molar-refractivity contribution is 7.81. The van der Waals surface area contributed by atoms with Crippen molar-refractivity contribution < 1.29 is 43.0 Å². The van der Waals surface area contributed by atoms with Crippen molar-refractivity contribution in [3.05, 3.63) is 71.8 Å². The van der Waals surface area contributed by atoms with Crippen LogP contribution in [-0.4, -0.2) is 77.9 Å². The molecule has 0 unspecified atom stereocenters. The van der Waals surface area contributed by atoms with Gasteiger partial charge in [0.25, 0.3) is 0 Å². The van der Waals surface area contributed by atoms with Crippen molar-refractivity contribution >= 4 is 48.4 Å². The lowest BCUT2D eigenvalue weighted by molar-refractivity contribution is -0.155. The molecule has 2 aromatic carbocycles. The lowest BCUT2D eigenvalue weighted by Crippen LogP contribution is -2.57. The van der Waals surface area contributed by atoms with Gasteiger partial charge in [-0.1, -0.05) is 60.7 Å². The normalized spacial score (nSPS) is 16.4. The Kier molecular flexibility index (Phi) is 16.3. The molecular weight excluding hydrogens is 676 g/mol. The Morgan fingerprint density at radius 2 is 1.49 bits per heavy atom. The first kappa shape index (κ1) is 40.8. The summed E-state index contributed by atoms with van der Waals surface area (Å²) in [5.74, 6) is -2.95. The minimum Gasteiger partial charge on any atom is -0.466 e. The number of benzene rings is 2. The van der Waals surface area contributed by atoms with Crippen LogP contribution in [0.2, 0.25) is 0 Å². The lowest BCUT2D eigenvalue weighted by atomic mass is 9.94.